The minimum Gasteiger partial charge on any atom is -0.463 e. The maximum Gasteiger partial charge on any atom is 0.334 e. The third-order valence-corrected chi connectivity index (χ3v) is 1.39. The highest BCUT2D eigenvalue weighted by atomic mass is 79.9. The molecule has 0 aromatic rings. The fraction of sp³-hybridized carbons (Fsp3) is 0.857. The summed E-state index contributed by atoms with van der Waals surface area (Å²) in [6.07, 6.45) is -0.445. The Hall–Kier alpha value is -0.0900. The van der Waals surface area contributed by atoms with Gasteiger partial charge in [-0.25, -0.2) is 4.79 Å². The number of alkyl halides is 1. The van der Waals surface area contributed by atoms with Crippen LogP contribution in [0, 0.1) is 0 Å². The van der Waals surface area contributed by atoms with E-state index in [1.807, 2.05) is 6.92 Å². The van der Waals surface area contributed by atoms with Crippen LogP contribution in [0.4, 0.5) is 0 Å². The van der Waals surface area contributed by atoms with Crippen LogP contribution in [-0.2, 0) is 14.3 Å². The maximum absolute atomic E-state index is 10.9. The summed E-state index contributed by atoms with van der Waals surface area (Å²) >= 11 is 3.15. The van der Waals surface area contributed by atoms with Gasteiger partial charge in [0.05, 0.1) is 0 Å². The van der Waals surface area contributed by atoms with Gasteiger partial charge in [0.25, 0.3) is 0 Å². The van der Waals surface area contributed by atoms with Crippen LogP contribution < -0.4 is 0 Å². The van der Waals surface area contributed by atoms with Crippen molar-refractivity contribution >= 4 is 21.9 Å². The van der Waals surface area contributed by atoms with Crippen molar-refractivity contribution in [2.45, 2.75) is 20.0 Å². The number of carbonyl (C=O) groups is 1. The van der Waals surface area contributed by atoms with Gasteiger partial charge in [-0.1, -0.05) is 15.9 Å². The summed E-state index contributed by atoms with van der Waals surface area (Å²) in [6, 6.07) is 0. The van der Waals surface area contributed by atoms with Crippen LogP contribution in [0.2, 0.25) is 0 Å². The fourth-order valence-electron chi connectivity index (χ4n) is 0.575. The van der Waals surface area contributed by atoms with Gasteiger partial charge in [0.15, 0.2) is 6.10 Å². The van der Waals surface area contributed by atoms with Crippen LogP contribution >= 0.6 is 15.9 Å². The summed E-state index contributed by atoms with van der Waals surface area (Å²) < 4.78 is 9.81. The van der Waals surface area contributed by atoms with E-state index in [0.717, 1.165) is 0 Å². The van der Waals surface area contributed by atoms with Crippen molar-refractivity contribution in [2.24, 2.45) is 0 Å². The first-order chi connectivity index (χ1) is 5.22. The molecule has 0 aromatic carbocycles. The third kappa shape index (κ3) is 5.21. The molecule has 0 aliphatic rings. The Balaban J connectivity index is 3.47. The molecule has 0 aliphatic carbocycles. The number of hydrogen-bond acceptors (Lipinski definition) is 3. The molecule has 3 nitrogen and oxygen atoms in total. The molecule has 0 heterocycles. The summed E-state index contributed by atoms with van der Waals surface area (Å²) in [6.45, 7) is 4.45. The molecule has 0 aromatic heterocycles. The van der Waals surface area contributed by atoms with E-state index in [1.165, 1.54) is 0 Å². The predicted molar refractivity (Wildman–Crippen MR) is 45.8 cm³/mol. The van der Waals surface area contributed by atoms with Gasteiger partial charge in [-0.05, 0) is 13.8 Å². The highest BCUT2D eigenvalue weighted by molar-refractivity contribution is 9.09. The maximum atomic E-state index is 10.9. The number of esters is 1. The summed E-state index contributed by atoms with van der Waals surface area (Å²) in [5, 5.41) is 0.664. The number of hydrogen-bond donors (Lipinski definition) is 0. The summed E-state index contributed by atoms with van der Waals surface area (Å²) in [4.78, 5) is 10.9. The molecule has 0 fully saturated rings. The molecule has 0 saturated carbocycles. The Morgan fingerprint density at radius 1 is 1.64 bits per heavy atom. The molecule has 0 saturated heterocycles. The number of carbonyl (C=O) groups excluding carboxylic acids is 1. The quantitative estimate of drug-likeness (QED) is 0.523. The zero-order valence-electron chi connectivity index (χ0n) is 6.80. The SMILES string of the molecule is CCOC(C)C(=O)OCCBr. The van der Waals surface area contributed by atoms with Crippen LogP contribution in [-0.4, -0.2) is 30.6 Å². The zero-order valence-corrected chi connectivity index (χ0v) is 8.39. The summed E-state index contributed by atoms with van der Waals surface area (Å²) in [5.74, 6) is -0.300. The first-order valence-corrected chi connectivity index (χ1v) is 4.68. The third-order valence-electron chi connectivity index (χ3n) is 1.07. The lowest BCUT2D eigenvalue weighted by Crippen LogP contribution is -2.23. The Kier molecular flexibility index (Phi) is 6.56. The van der Waals surface area contributed by atoms with E-state index >= 15 is 0 Å². The van der Waals surface area contributed by atoms with Gasteiger partial charge >= 0.3 is 5.97 Å². The first kappa shape index (κ1) is 10.9. The number of rotatable bonds is 5. The van der Waals surface area contributed by atoms with Crippen molar-refractivity contribution in [3.05, 3.63) is 0 Å². The van der Waals surface area contributed by atoms with Crippen LogP contribution in [0.3, 0.4) is 0 Å². The molecule has 0 amide bonds. The van der Waals surface area contributed by atoms with Crippen molar-refractivity contribution in [1.82, 2.24) is 0 Å². The number of ether oxygens (including phenoxy) is 2. The minimum atomic E-state index is -0.445. The lowest BCUT2D eigenvalue weighted by molar-refractivity contribution is -0.155. The Morgan fingerprint density at radius 2 is 2.27 bits per heavy atom. The molecule has 4 heteroatoms. The van der Waals surface area contributed by atoms with Gasteiger partial charge in [0.1, 0.15) is 6.61 Å². The van der Waals surface area contributed by atoms with Crippen LogP contribution in [0.15, 0.2) is 0 Å². The predicted octanol–water partition coefficient (Wildman–Crippen LogP) is 1.35. The first-order valence-electron chi connectivity index (χ1n) is 3.56. The van der Waals surface area contributed by atoms with Crippen molar-refractivity contribution in [2.75, 3.05) is 18.5 Å². The van der Waals surface area contributed by atoms with Gasteiger partial charge in [-0.2, -0.15) is 0 Å². The molecule has 1 unspecified atom stereocenters. The molecule has 0 N–H and O–H groups in total. The van der Waals surface area contributed by atoms with Crippen LogP contribution in [0.5, 0.6) is 0 Å². The minimum absolute atomic E-state index is 0.300. The second kappa shape index (κ2) is 6.61. The average molecular weight is 225 g/mol. The normalized spacial score (nSPS) is 12.6. The molecule has 0 bridgehead atoms. The van der Waals surface area contributed by atoms with Crippen molar-refractivity contribution in [1.29, 1.82) is 0 Å². The van der Waals surface area contributed by atoms with Gasteiger partial charge in [0.2, 0.25) is 0 Å². The van der Waals surface area contributed by atoms with Crippen molar-refractivity contribution < 1.29 is 14.3 Å². The second-order valence-corrected chi connectivity index (χ2v) is 2.75. The monoisotopic (exact) mass is 224 g/mol. The molecule has 11 heavy (non-hydrogen) atoms. The fourth-order valence-corrected chi connectivity index (χ4v) is 0.736. The molecule has 0 aliphatic heterocycles. The molecule has 66 valence electrons. The van der Waals surface area contributed by atoms with E-state index in [2.05, 4.69) is 15.9 Å². The van der Waals surface area contributed by atoms with Gasteiger partial charge in [-0.15, -0.1) is 0 Å². The molecule has 0 radical (unpaired) electrons. The van der Waals surface area contributed by atoms with E-state index in [0.29, 0.717) is 18.5 Å². The van der Waals surface area contributed by atoms with Crippen LogP contribution in [0.1, 0.15) is 13.8 Å². The summed E-state index contributed by atoms with van der Waals surface area (Å²) in [7, 11) is 0. The van der Waals surface area contributed by atoms with Crippen molar-refractivity contribution in [3.8, 4) is 0 Å². The smallest absolute Gasteiger partial charge is 0.334 e. The standard InChI is InChI=1S/C7H13BrO3/c1-3-10-6(2)7(9)11-5-4-8/h6H,3-5H2,1-2H3. The van der Waals surface area contributed by atoms with E-state index < -0.39 is 6.10 Å². The Labute approximate surface area is 75.2 Å². The highest BCUT2D eigenvalue weighted by Gasteiger charge is 2.12. The highest BCUT2D eigenvalue weighted by Crippen LogP contribution is 1.94. The van der Waals surface area contributed by atoms with Gasteiger partial charge in [0, 0.05) is 11.9 Å². The molecule has 0 spiro atoms. The van der Waals surface area contributed by atoms with Crippen molar-refractivity contribution in [3.63, 3.8) is 0 Å². The topological polar surface area (TPSA) is 35.5 Å². The Morgan fingerprint density at radius 3 is 2.73 bits per heavy atom. The molecular formula is C7H13BrO3. The van der Waals surface area contributed by atoms with E-state index in [9.17, 15) is 4.79 Å². The Bertz CT molecular complexity index is 116. The van der Waals surface area contributed by atoms with E-state index in [4.69, 9.17) is 9.47 Å². The van der Waals surface area contributed by atoms with Gasteiger partial charge < -0.3 is 9.47 Å². The molecular weight excluding hydrogens is 212 g/mol. The molecule has 0 rings (SSSR count). The van der Waals surface area contributed by atoms with E-state index in [1.54, 1.807) is 6.92 Å². The van der Waals surface area contributed by atoms with E-state index in [-0.39, 0.29) is 5.97 Å². The average Bonchev–Trinajstić information content (AvgIpc) is 2.00. The lowest BCUT2D eigenvalue weighted by Gasteiger charge is -2.09. The van der Waals surface area contributed by atoms with Gasteiger partial charge in [-0.3, -0.25) is 0 Å². The second-order valence-electron chi connectivity index (χ2n) is 1.95. The summed E-state index contributed by atoms with van der Waals surface area (Å²) in [5.41, 5.74) is 0. The lowest BCUT2D eigenvalue weighted by atomic mass is 10.4. The largest absolute Gasteiger partial charge is 0.463 e. The number of halogens is 1. The molecule has 1 atom stereocenters. The van der Waals surface area contributed by atoms with Crippen LogP contribution in [0.25, 0.3) is 0 Å². The zero-order chi connectivity index (χ0) is 8.69.